The fourth-order valence-electron chi connectivity index (χ4n) is 3.52. The van der Waals surface area contributed by atoms with Gasteiger partial charge in [-0.1, -0.05) is 0 Å². The van der Waals surface area contributed by atoms with E-state index in [1.165, 1.54) is 0 Å². The van der Waals surface area contributed by atoms with Crippen molar-refractivity contribution in [1.29, 1.82) is 0 Å². The Hall–Kier alpha value is -2.25. The summed E-state index contributed by atoms with van der Waals surface area (Å²) >= 11 is 5.11. The first-order valence-corrected chi connectivity index (χ1v) is 9.98. The Kier molecular flexibility index (Phi) is 3.45. The average molecular weight is 427 g/mol. The first-order chi connectivity index (χ1) is 12.5. The summed E-state index contributed by atoms with van der Waals surface area (Å²) in [5, 5.41) is 0.774. The van der Waals surface area contributed by atoms with Crippen molar-refractivity contribution >= 4 is 54.8 Å². The van der Waals surface area contributed by atoms with Crippen molar-refractivity contribution < 1.29 is 0 Å². The van der Waals surface area contributed by atoms with Crippen LogP contribution in [0, 0.1) is 13.8 Å². The highest BCUT2D eigenvalue weighted by Gasteiger charge is 2.23. The van der Waals surface area contributed by atoms with Gasteiger partial charge in [0.2, 0.25) is 0 Å². The Morgan fingerprint density at radius 3 is 3.00 bits per heavy atom. The molecule has 1 aliphatic rings. The van der Waals surface area contributed by atoms with E-state index in [9.17, 15) is 4.79 Å². The van der Waals surface area contributed by atoms with Crippen molar-refractivity contribution in [1.82, 2.24) is 18.9 Å². The second-order valence-corrected chi connectivity index (χ2v) is 8.65. The number of imidazole rings is 1. The number of thiophene rings is 1. The third-order valence-electron chi connectivity index (χ3n) is 5.00. The van der Waals surface area contributed by atoms with Gasteiger partial charge in [-0.05, 0) is 65.5 Å². The Balaban J connectivity index is 1.72. The van der Waals surface area contributed by atoms with Crippen molar-refractivity contribution in [3.63, 3.8) is 0 Å². The third kappa shape index (κ3) is 2.23. The predicted molar refractivity (Wildman–Crippen MR) is 109 cm³/mol. The zero-order valence-electron chi connectivity index (χ0n) is 14.3. The van der Waals surface area contributed by atoms with Crippen LogP contribution in [-0.4, -0.2) is 18.9 Å². The number of aryl methyl sites for hydroxylation is 2. The van der Waals surface area contributed by atoms with Crippen LogP contribution < -0.4 is 5.56 Å². The van der Waals surface area contributed by atoms with Gasteiger partial charge >= 0.3 is 0 Å². The molecule has 7 heteroatoms. The van der Waals surface area contributed by atoms with Crippen LogP contribution in [0.1, 0.15) is 28.4 Å². The summed E-state index contributed by atoms with van der Waals surface area (Å²) in [5.74, 6) is 0.786. The van der Waals surface area contributed by atoms with Gasteiger partial charge in [-0.3, -0.25) is 13.8 Å². The SMILES string of the molecule is Cc1sc2nc3n(c(=O)c2c1C)CCC3=Cc1cnc2ccc(Br)cn12. The number of allylic oxidation sites excluding steroid dienone is 1. The number of hydrogen-bond acceptors (Lipinski definition) is 4. The highest BCUT2D eigenvalue weighted by Crippen LogP contribution is 2.32. The minimum atomic E-state index is 0.0798. The molecule has 5 rings (SSSR count). The number of nitrogens with zero attached hydrogens (tertiary/aromatic N) is 4. The lowest BCUT2D eigenvalue weighted by Crippen LogP contribution is -2.20. The molecule has 5 nitrogen and oxygen atoms in total. The molecule has 0 aliphatic carbocycles. The number of rotatable bonds is 1. The lowest BCUT2D eigenvalue weighted by atomic mass is 10.2. The Morgan fingerprint density at radius 2 is 2.15 bits per heavy atom. The quantitative estimate of drug-likeness (QED) is 0.452. The van der Waals surface area contributed by atoms with E-state index in [1.807, 2.05) is 47.3 Å². The van der Waals surface area contributed by atoms with Gasteiger partial charge in [-0.25, -0.2) is 9.97 Å². The van der Waals surface area contributed by atoms with Gasteiger partial charge in [0.25, 0.3) is 5.56 Å². The van der Waals surface area contributed by atoms with Gasteiger partial charge in [-0.15, -0.1) is 11.3 Å². The Morgan fingerprint density at radius 1 is 1.31 bits per heavy atom. The maximum atomic E-state index is 12.9. The van der Waals surface area contributed by atoms with Crippen molar-refractivity contribution in [2.24, 2.45) is 0 Å². The molecule has 0 unspecified atom stereocenters. The summed E-state index contributed by atoms with van der Waals surface area (Å²) < 4.78 is 4.84. The van der Waals surface area contributed by atoms with Gasteiger partial charge in [0.05, 0.1) is 17.3 Å². The van der Waals surface area contributed by atoms with E-state index < -0.39 is 0 Å². The molecule has 0 atom stereocenters. The molecule has 4 aromatic rings. The molecule has 1 aliphatic heterocycles. The van der Waals surface area contributed by atoms with Gasteiger partial charge in [0.15, 0.2) is 0 Å². The number of fused-ring (bicyclic) bond motifs is 3. The molecule has 0 N–H and O–H groups in total. The van der Waals surface area contributed by atoms with E-state index in [4.69, 9.17) is 4.98 Å². The largest absolute Gasteiger partial charge is 0.299 e. The monoisotopic (exact) mass is 426 g/mol. The summed E-state index contributed by atoms with van der Waals surface area (Å²) in [7, 11) is 0. The average Bonchev–Trinajstić information content (AvgIpc) is 3.27. The van der Waals surface area contributed by atoms with Crippen LogP contribution in [0.4, 0.5) is 0 Å². The van der Waals surface area contributed by atoms with E-state index in [0.29, 0.717) is 6.54 Å². The molecule has 0 fully saturated rings. The van der Waals surface area contributed by atoms with Crippen LogP contribution in [0.5, 0.6) is 0 Å². The Labute approximate surface area is 161 Å². The van der Waals surface area contributed by atoms with Crippen molar-refractivity contribution in [3.8, 4) is 0 Å². The standard InChI is InChI=1S/C19H15BrN4OS/c1-10-11(2)26-18-16(10)19(25)23-6-5-12(17(23)22-18)7-14-8-21-15-4-3-13(20)9-24(14)15/h3-4,7-9H,5-6H2,1-2H3. The molecule has 130 valence electrons. The summed E-state index contributed by atoms with van der Waals surface area (Å²) in [6.07, 6.45) is 6.75. The molecule has 0 bridgehead atoms. The summed E-state index contributed by atoms with van der Waals surface area (Å²) in [6, 6.07) is 3.95. The van der Waals surface area contributed by atoms with Gasteiger partial charge in [0, 0.05) is 22.1 Å². The maximum absolute atomic E-state index is 12.9. The van der Waals surface area contributed by atoms with Crippen molar-refractivity contribution in [3.05, 3.63) is 61.3 Å². The fraction of sp³-hybridized carbons (Fsp3) is 0.211. The lowest BCUT2D eigenvalue weighted by Gasteiger charge is -2.04. The van der Waals surface area contributed by atoms with Crippen LogP contribution in [0.2, 0.25) is 0 Å². The Bertz CT molecular complexity index is 1290. The number of halogens is 1. The van der Waals surface area contributed by atoms with Crippen LogP contribution in [-0.2, 0) is 6.54 Å². The molecule has 0 spiro atoms. The van der Waals surface area contributed by atoms with Gasteiger partial charge < -0.3 is 0 Å². The zero-order chi connectivity index (χ0) is 18.0. The highest BCUT2D eigenvalue weighted by atomic mass is 79.9. The molecule has 0 radical (unpaired) electrons. The van der Waals surface area contributed by atoms with Crippen LogP contribution in [0.15, 0.2) is 33.8 Å². The van der Waals surface area contributed by atoms with E-state index in [-0.39, 0.29) is 5.56 Å². The van der Waals surface area contributed by atoms with E-state index in [2.05, 4.69) is 27.0 Å². The summed E-state index contributed by atoms with van der Waals surface area (Å²) in [5.41, 5.74) is 4.09. The number of aromatic nitrogens is 4. The van der Waals surface area contributed by atoms with E-state index in [0.717, 1.165) is 54.3 Å². The number of pyridine rings is 1. The van der Waals surface area contributed by atoms with Gasteiger partial charge in [-0.2, -0.15) is 0 Å². The molecular weight excluding hydrogens is 412 g/mol. The molecule has 0 amide bonds. The summed E-state index contributed by atoms with van der Waals surface area (Å²) in [4.78, 5) is 24.2. The molecule has 0 saturated carbocycles. The van der Waals surface area contributed by atoms with E-state index >= 15 is 0 Å². The normalized spacial score (nSPS) is 15.4. The lowest BCUT2D eigenvalue weighted by molar-refractivity contribution is 0.726. The van der Waals surface area contributed by atoms with Gasteiger partial charge in [0.1, 0.15) is 16.3 Å². The third-order valence-corrected chi connectivity index (χ3v) is 6.57. The maximum Gasteiger partial charge on any atom is 0.262 e. The summed E-state index contributed by atoms with van der Waals surface area (Å²) in [6.45, 7) is 4.73. The smallest absolute Gasteiger partial charge is 0.262 e. The molecule has 26 heavy (non-hydrogen) atoms. The predicted octanol–water partition coefficient (Wildman–Crippen LogP) is 4.43. The topological polar surface area (TPSA) is 52.2 Å². The first-order valence-electron chi connectivity index (χ1n) is 8.37. The molecule has 0 aromatic carbocycles. The molecular formula is C19H15BrN4OS. The highest BCUT2D eigenvalue weighted by molar-refractivity contribution is 9.10. The molecule has 4 aromatic heterocycles. The zero-order valence-corrected chi connectivity index (χ0v) is 16.7. The van der Waals surface area contributed by atoms with Crippen LogP contribution >= 0.6 is 27.3 Å². The van der Waals surface area contributed by atoms with Crippen LogP contribution in [0.25, 0.3) is 27.5 Å². The van der Waals surface area contributed by atoms with Crippen LogP contribution in [0.3, 0.4) is 0 Å². The van der Waals surface area contributed by atoms with E-state index in [1.54, 1.807) is 11.3 Å². The second-order valence-electron chi connectivity index (χ2n) is 6.53. The second kappa shape index (κ2) is 5.62. The molecule has 5 heterocycles. The van der Waals surface area contributed by atoms with Crippen molar-refractivity contribution in [2.45, 2.75) is 26.8 Å². The van der Waals surface area contributed by atoms with Crippen molar-refractivity contribution in [2.75, 3.05) is 0 Å². The fourth-order valence-corrected chi connectivity index (χ4v) is 4.88. The number of hydrogen-bond donors (Lipinski definition) is 0. The first kappa shape index (κ1) is 16.0. The minimum Gasteiger partial charge on any atom is -0.299 e. The molecule has 0 saturated heterocycles. The minimum absolute atomic E-state index is 0.0798.